The van der Waals surface area contributed by atoms with E-state index in [-0.39, 0.29) is 12.2 Å². The molecule has 0 aliphatic rings. The minimum absolute atomic E-state index is 0.256. The standard InChI is InChI=1S/C15H11ClN2O3S2/c16-9-3-1-8(2-4-9)13(21)11(7-12(19)20)23-15-17-10-5-6-22-14(10)18-15/h1-6,11H,7H2,(H,17,18)(H,19,20). The van der Waals surface area contributed by atoms with Gasteiger partial charge in [-0.25, -0.2) is 4.98 Å². The molecule has 0 aliphatic carbocycles. The average molecular weight is 367 g/mol. The van der Waals surface area contributed by atoms with Crippen molar-refractivity contribution >= 4 is 56.8 Å². The van der Waals surface area contributed by atoms with Crippen LogP contribution in [0.2, 0.25) is 5.02 Å². The number of imidazole rings is 1. The Hall–Kier alpha value is -1.83. The first-order valence-electron chi connectivity index (χ1n) is 6.64. The molecule has 1 aromatic carbocycles. The van der Waals surface area contributed by atoms with Crippen LogP contribution in [0.4, 0.5) is 0 Å². The van der Waals surface area contributed by atoms with Gasteiger partial charge in [0, 0.05) is 10.6 Å². The molecule has 0 saturated heterocycles. The van der Waals surface area contributed by atoms with E-state index in [1.165, 1.54) is 11.3 Å². The highest BCUT2D eigenvalue weighted by Gasteiger charge is 2.25. The number of hydrogen-bond acceptors (Lipinski definition) is 5. The van der Waals surface area contributed by atoms with Crippen LogP contribution in [-0.4, -0.2) is 32.1 Å². The number of ketones is 1. The summed E-state index contributed by atoms with van der Waals surface area (Å²) in [6.45, 7) is 0. The van der Waals surface area contributed by atoms with E-state index >= 15 is 0 Å². The number of rotatable bonds is 6. The van der Waals surface area contributed by atoms with Gasteiger partial charge in [0.15, 0.2) is 10.9 Å². The van der Waals surface area contributed by atoms with Gasteiger partial charge in [0.25, 0.3) is 0 Å². The number of benzene rings is 1. The number of aromatic amines is 1. The van der Waals surface area contributed by atoms with Crippen LogP contribution < -0.4 is 0 Å². The first kappa shape index (κ1) is 16.0. The van der Waals surface area contributed by atoms with Crippen molar-refractivity contribution in [2.45, 2.75) is 16.8 Å². The quantitative estimate of drug-likeness (QED) is 0.507. The number of aromatic nitrogens is 2. The van der Waals surface area contributed by atoms with E-state index in [1.54, 1.807) is 24.3 Å². The number of halogens is 1. The lowest BCUT2D eigenvalue weighted by Crippen LogP contribution is -2.21. The summed E-state index contributed by atoms with van der Waals surface area (Å²) in [5.41, 5.74) is 1.31. The van der Waals surface area contributed by atoms with E-state index < -0.39 is 11.2 Å². The number of H-pyrrole nitrogens is 1. The third kappa shape index (κ3) is 3.74. The highest BCUT2D eigenvalue weighted by Crippen LogP contribution is 2.29. The molecule has 23 heavy (non-hydrogen) atoms. The Labute approximate surface area is 144 Å². The molecule has 8 heteroatoms. The number of thiophene rings is 1. The van der Waals surface area contributed by atoms with Crippen LogP contribution in [0.25, 0.3) is 10.3 Å². The second-order valence-corrected chi connectivity index (χ2v) is 7.28. The first-order chi connectivity index (χ1) is 11.0. The summed E-state index contributed by atoms with van der Waals surface area (Å²) in [4.78, 5) is 32.0. The summed E-state index contributed by atoms with van der Waals surface area (Å²) in [6, 6.07) is 8.31. The summed E-state index contributed by atoms with van der Waals surface area (Å²) in [7, 11) is 0. The van der Waals surface area contributed by atoms with Crippen LogP contribution in [0.5, 0.6) is 0 Å². The largest absolute Gasteiger partial charge is 0.481 e. The minimum Gasteiger partial charge on any atom is -0.481 e. The highest BCUT2D eigenvalue weighted by atomic mass is 35.5. The van der Waals surface area contributed by atoms with Crippen molar-refractivity contribution in [3.63, 3.8) is 0 Å². The van der Waals surface area contributed by atoms with Crippen molar-refractivity contribution in [2.75, 3.05) is 0 Å². The van der Waals surface area contributed by atoms with Gasteiger partial charge in [-0.3, -0.25) is 9.59 Å². The molecule has 0 radical (unpaired) electrons. The molecule has 0 aliphatic heterocycles. The van der Waals surface area contributed by atoms with Gasteiger partial charge in [-0.1, -0.05) is 23.4 Å². The third-order valence-corrected chi connectivity index (χ3v) is 5.27. The molecule has 0 spiro atoms. The lowest BCUT2D eigenvalue weighted by atomic mass is 10.1. The zero-order valence-electron chi connectivity index (χ0n) is 11.7. The number of thioether (sulfide) groups is 1. The van der Waals surface area contributed by atoms with Crippen molar-refractivity contribution in [1.82, 2.24) is 9.97 Å². The van der Waals surface area contributed by atoms with Gasteiger partial charge in [0.2, 0.25) is 0 Å². The smallest absolute Gasteiger partial charge is 0.304 e. The topological polar surface area (TPSA) is 83.0 Å². The van der Waals surface area contributed by atoms with Gasteiger partial charge in [-0.2, -0.15) is 0 Å². The number of nitrogens with one attached hydrogen (secondary N) is 1. The van der Waals surface area contributed by atoms with Gasteiger partial charge in [-0.15, -0.1) is 11.3 Å². The first-order valence-corrected chi connectivity index (χ1v) is 8.78. The lowest BCUT2D eigenvalue weighted by molar-refractivity contribution is -0.136. The number of aliphatic carboxylic acids is 1. The SMILES string of the molecule is O=C(O)CC(Sc1nc2sccc2[nH]1)C(=O)c1ccc(Cl)cc1. The predicted octanol–water partition coefficient (Wildman–Crippen LogP) is 4.10. The van der Waals surface area contributed by atoms with Gasteiger partial charge < -0.3 is 10.1 Å². The molecule has 3 rings (SSSR count). The number of carbonyl (C=O) groups excluding carboxylic acids is 1. The van der Waals surface area contributed by atoms with E-state index in [4.69, 9.17) is 16.7 Å². The summed E-state index contributed by atoms with van der Waals surface area (Å²) >= 11 is 8.43. The zero-order chi connectivity index (χ0) is 16.4. The van der Waals surface area contributed by atoms with Crippen LogP contribution in [0.1, 0.15) is 16.8 Å². The fraction of sp³-hybridized carbons (Fsp3) is 0.133. The molecule has 1 atom stereocenters. The predicted molar refractivity (Wildman–Crippen MR) is 91.7 cm³/mol. The third-order valence-electron chi connectivity index (χ3n) is 3.12. The summed E-state index contributed by atoms with van der Waals surface area (Å²) < 4.78 is 0. The summed E-state index contributed by atoms with van der Waals surface area (Å²) in [5.74, 6) is -1.29. The highest BCUT2D eigenvalue weighted by molar-refractivity contribution is 8.00. The molecule has 118 valence electrons. The van der Waals surface area contributed by atoms with Gasteiger partial charge in [-0.05, 0) is 35.7 Å². The van der Waals surface area contributed by atoms with Crippen LogP contribution in [0, 0.1) is 0 Å². The normalized spacial score (nSPS) is 12.4. The van der Waals surface area contributed by atoms with Crippen LogP contribution in [0.3, 0.4) is 0 Å². The molecule has 2 N–H and O–H groups in total. The Morgan fingerprint density at radius 3 is 2.70 bits per heavy atom. The number of carboxylic acid groups (broad SMARTS) is 1. The molecule has 0 amide bonds. The molecule has 0 bridgehead atoms. The maximum atomic E-state index is 12.6. The molecule has 2 heterocycles. The Morgan fingerprint density at radius 2 is 2.04 bits per heavy atom. The van der Waals surface area contributed by atoms with Gasteiger partial charge >= 0.3 is 5.97 Å². The molecule has 1 unspecified atom stereocenters. The minimum atomic E-state index is -1.03. The Bertz CT molecular complexity index is 829. The fourth-order valence-corrected chi connectivity index (χ4v) is 4.01. The van der Waals surface area contributed by atoms with E-state index in [0.29, 0.717) is 15.7 Å². The Kier molecular flexibility index (Phi) is 4.70. The van der Waals surface area contributed by atoms with Crippen LogP contribution in [0.15, 0.2) is 40.9 Å². The number of fused-ring (bicyclic) bond motifs is 1. The van der Waals surface area contributed by atoms with Gasteiger partial charge in [0.1, 0.15) is 4.83 Å². The van der Waals surface area contributed by atoms with Crippen molar-refractivity contribution in [2.24, 2.45) is 0 Å². The van der Waals surface area contributed by atoms with Crippen molar-refractivity contribution in [1.29, 1.82) is 0 Å². The molecular formula is C15H11ClN2O3S2. The molecule has 0 fully saturated rings. The Morgan fingerprint density at radius 1 is 1.30 bits per heavy atom. The van der Waals surface area contributed by atoms with E-state index in [1.807, 2.05) is 11.4 Å². The fourth-order valence-electron chi connectivity index (χ4n) is 2.06. The molecule has 2 aromatic heterocycles. The summed E-state index contributed by atoms with van der Waals surface area (Å²) in [6.07, 6.45) is -0.277. The number of carboxylic acids is 1. The van der Waals surface area contributed by atoms with Crippen molar-refractivity contribution < 1.29 is 14.7 Å². The second kappa shape index (κ2) is 6.74. The van der Waals surface area contributed by atoms with E-state index in [0.717, 1.165) is 22.1 Å². The van der Waals surface area contributed by atoms with E-state index in [9.17, 15) is 9.59 Å². The monoisotopic (exact) mass is 366 g/mol. The Balaban J connectivity index is 1.84. The maximum Gasteiger partial charge on any atom is 0.304 e. The van der Waals surface area contributed by atoms with Crippen molar-refractivity contribution in [3.8, 4) is 0 Å². The number of nitrogens with zero attached hydrogens (tertiary/aromatic N) is 1. The van der Waals surface area contributed by atoms with Gasteiger partial charge in [0.05, 0.1) is 17.2 Å². The molecule has 5 nitrogen and oxygen atoms in total. The second-order valence-electron chi connectivity index (χ2n) is 4.76. The number of hydrogen-bond donors (Lipinski definition) is 2. The van der Waals surface area contributed by atoms with E-state index in [2.05, 4.69) is 9.97 Å². The average Bonchev–Trinajstić information content (AvgIpc) is 3.07. The van der Waals surface area contributed by atoms with Crippen LogP contribution >= 0.6 is 34.7 Å². The summed E-state index contributed by atoms with van der Waals surface area (Å²) in [5, 5.41) is 11.3. The zero-order valence-corrected chi connectivity index (χ0v) is 14.0. The maximum absolute atomic E-state index is 12.6. The van der Waals surface area contributed by atoms with Crippen molar-refractivity contribution in [3.05, 3.63) is 46.3 Å². The molecular weight excluding hydrogens is 356 g/mol. The number of Topliss-reactive ketones (excluding diaryl/α,β-unsaturated/α-hetero) is 1. The lowest BCUT2D eigenvalue weighted by Gasteiger charge is -2.12. The number of carbonyl (C=O) groups is 2. The van der Waals surface area contributed by atoms with Crippen LogP contribution in [-0.2, 0) is 4.79 Å². The molecule has 0 saturated carbocycles. The molecule has 3 aromatic rings.